The van der Waals surface area contributed by atoms with E-state index in [0.29, 0.717) is 17.3 Å². The maximum absolute atomic E-state index is 12.4. The van der Waals surface area contributed by atoms with Crippen LogP contribution >= 0.6 is 11.3 Å². The van der Waals surface area contributed by atoms with Crippen LogP contribution in [-0.2, 0) is 21.7 Å². The lowest BCUT2D eigenvalue weighted by molar-refractivity contribution is -0.115. The third kappa shape index (κ3) is 7.01. The number of benzene rings is 1. The zero-order chi connectivity index (χ0) is 24.7. The second kappa shape index (κ2) is 11.4. The van der Waals surface area contributed by atoms with Gasteiger partial charge in [0.1, 0.15) is 0 Å². The fourth-order valence-electron chi connectivity index (χ4n) is 3.40. The molecule has 182 valence electrons. The molecule has 0 saturated heterocycles. The normalized spacial score (nSPS) is 11.6. The Bertz CT molecular complexity index is 1110. The van der Waals surface area contributed by atoms with Gasteiger partial charge in [0.25, 0.3) is 5.91 Å². The SMILES string of the molecule is CCC(CC)OCc1cccc(-c2csc(NC(=O)CNC(=O)c3ccn(C(C)(C)C)c3)n2)c1. The number of aromatic nitrogens is 2. The highest BCUT2D eigenvalue weighted by Crippen LogP contribution is 2.26. The van der Waals surface area contributed by atoms with Gasteiger partial charge in [-0.1, -0.05) is 32.0 Å². The molecule has 0 aliphatic carbocycles. The fourth-order valence-corrected chi connectivity index (χ4v) is 4.13. The number of rotatable bonds is 10. The van der Waals surface area contributed by atoms with Gasteiger partial charge in [-0.25, -0.2) is 4.98 Å². The predicted molar refractivity (Wildman–Crippen MR) is 137 cm³/mol. The quantitative estimate of drug-likeness (QED) is 0.403. The first kappa shape index (κ1) is 25.6. The summed E-state index contributed by atoms with van der Waals surface area (Å²) >= 11 is 1.35. The first-order chi connectivity index (χ1) is 16.2. The van der Waals surface area contributed by atoms with Crippen LogP contribution in [0.1, 0.15) is 63.4 Å². The van der Waals surface area contributed by atoms with E-state index in [9.17, 15) is 9.59 Å². The van der Waals surface area contributed by atoms with Crippen LogP contribution < -0.4 is 10.6 Å². The van der Waals surface area contributed by atoms with Crippen molar-refractivity contribution in [2.75, 3.05) is 11.9 Å². The Morgan fingerprint density at radius 2 is 1.94 bits per heavy atom. The molecule has 2 heterocycles. The molecule has 34 heavy (non-hydrogen) atoms. The molecule has 0 saturated carbocycles. The molecule has 0 atom stereocenters. The van der Waals surface area contributed by atoms with Gasteiger partial charge in [-0.3, -0.25) is 9.59 Å². The predicted octanol–water partition coefficient (Wildman–Crippen LogP) is 5.44. The maximum atomic E-state index is 12.4. The van der Waals surface area contributed by atoms with Gasteiger partial charge < -0.3 is 19.9 Å². The van der Waals surface area contributed by atoms with Gasteiger partial charge in [0, 0.05) is 28.9 Å². The molecule has 0 spiro atoms. The van der Waals surface area contributed by atoms with Crippen molar-refractivity contribution in [3.05, 3.63) is 59.2 Å². The molecule has 1 aromatic carbocycles. The van der Waals surface area contributed by atoms with Gasteiger partial charge in [0.05, 0.1) is 30.5 Å². The number of thiazole rings is 1. The molecule has 0 aliphatic rings. The molecule has 7 nitrogen and oxygen atoms in total. The number of carbonyl (C=O) groups excluding carboxylic acids is 2. The number of ether oxygens (including phenoxy) is 1. The summed E-state index contributed by atoms with van der Waals surface area (Å²) < 4.78 is 7.92. The minimum absolute atomic E-state index is 0.113. The summed E-state index contributed by atoms with van der Waals surface area (Å²) in [5, 5.41) is 7.82. The van der Waals surface area contributed by atoms with E-state index in [1.165, 1.54) is 11.3 Å². The van der Waals surface area contributed by atoms with E-state index in [2.05, 4.69) is 56.3 Å². The average molecular weight is 483 g/mol. The van der Waals surface area contributed by atoms with E-state index in [1.807, 2.05) is 34.3 Å². The Morgan fingerprint density at radius 1 is 1.18 bits per heavy atom. The fraction of sp³-hybridized carbons (Fsp3) is 0.423. The van der Waals surface area contributed by atoms with Gasteiger partial charge in [0.15, 0.2) is 5.13 Å². The van der Waals surface area contributed by atoms with Crippen LogP contribution in [0.4, 0.5) is 5.13 Å². The Morgan fingerprint density at radius 3 is 2.62 bits per heavy atom. The smallest absolute Gasteiger partial charge is 0.253 e. The highest BCUT2D eigenvalue weighted by molar-refractivity contribution is 7.14. The topological polar surface area (TPSA) is 85.3 Å². The Kier molecular flexibility index (Phi) is 8.63. The van der Waals surface area contributed by atoms with Crippen LogP contribution in [0.15, 0.2) is 48.1 Å². The van der Waals surface area contributed by atoms with Gasteiger partial charge in [-0.05, 0) is 51.3 Å². The van der Waals surface area contributed by atoms with Crippen molar-refractivity contribution >= 4 is 28.3 Å². The highest BCUT2D eigenvalue weighted by atomic mass is 32.1. The van der Waals surface area contributed by atoms with Gasteiger partial charge >= 0.3 is 0 Å². The van der Waals surface area contributed by atoms with Crippen LogP contribution in [0.25, 0.3) is 11.3 Å². The standard InChI is InChI=1S/C26H34N4O3S/c1-6-21(7-2)33-16-18-9-8-10-19(13-18)22-17-34-25(28-22)29-23(31)14-27-24(32)20-11-12-30(15-20)26(3,4)5/h8-13,15,17,21H,6-7,14,16H2,1-5H3,(H,27,32)(H,28,29,31). The van der Waals surface area contributed by atoms with E-state index in [4.69, 9.17) is 4.74 Å². The number of nitrogens with one attached hydrogen (secondary N) is 2. The molecular weight excluding hydrogens is 448 g/mol. The monoisotopic (exact) mass is 482 g/mol. The number of hydrogen-bond acceptors (Lipinski definition) is 5. The lowest BCUT2D eigenvalue weighted by Gasteiger charge is -2.20. The molecule has 0 aliphatic heterocycles. The van der Waals surface area contributed by atoms with Crippen molar-refractivity contribution in [1.82, 2.24) is 14.9 Å². The van der Waals surface area contributed by atoms with Gasteiger partial charge in [-0.15, -0.1) is 11.3 Å². The first-order valence-corrected chi connectivity index (χ1v) is 12.5. The average Bonchev–Trinajstić information content (AvgIpc) is 3.48. The molecule has 3 aromatic rings. The zero-order valence-corrected chi connectivity index (χ0v) is 21.4. The second-order valence-corrected chi connectivity index (χ2v) is 10.1. The maximum Gasteiger partial charge on any atom is 0.253 e. The minimum atomic E-state index is -0.322. The lowest BCUT2D eigenvalue weighted by atomic mass is 10.1. The number of carbonyl (C=O) groups is 2. The first-order valence-electron chi connectivity index (χ1n) is 11.6. The molecule has 0 radical (unpaired) electrons. The van der Waals surface area contributed by atoms with Crippen molar-refractivity contribution in [2.24, 2.45) is 0 Å². The summed E-state index contributed by atoms with van der Waals surface area (Å²) in [6.07, 6.45) is 5.90. The molecule has 8 heteroatoms. The lowest BCUT2D eigenvalue weighted by Crippen LogP contribution is -2.32. The van der Waals surface area contributed by atoms with E-state index >= 15 is 0 Å². The third-order valence-corrected chi connectivity index (χ3v) is 6.27. The van der Waals surface area contributed by atoms with E-state index in [0.717, 1.165) is 29.7 Å². The summed E-state index contributed by atoms with van der Waals surface area (Å²) in [4.78, 5) is 29.2. The van der Waals surface area contributed by atoms with Crippen LogP contribution in [0, 0.1) is 0 Å². The van der Waals surface area contributed by atoms with Gasteiger partial charge in [0.2, 0.25) is 5.91 Å². The van der Waals surface area contributed by atoms with Crippen molar-refractivity contribution in [2.45, 2.75) is 65.7 Å². The van der Waals surface area contributed by atoms with Crippen LogP contribution in [0.2, 0.25) is 0 Å². The molecule has 3 rings (SSSR count). The van der Waals surface area contributed by atoms with Crippen LogP contribution in [0.3, 0.4) is 0 Å². The van der Waals surface area contributed by atoms with Crippen molar-refractivity contribution in [1.29, 1.82) is 0 Å². The van der Waals surface area contributed by atoms with E-state index < -0.39 is 0 Å². The molecule has 0 unspecified atom stereocenters. The zero-order valence-electron chi connectivity index (χ0n) is 20.6. The molecule has 0 bridgehead atoms. The molecule has 2 N–H and O–H groups in total. The van der Waals surface area contributed by atoms with Crippen molar-refractivity contribution in [3.8, 4) is 11.3 Å². The summed E-state index contributed by atoms with van der Waals surface area (Å²) in [7, 11) is 0. The Labute approximate surface area is 205 Å². The molecule has 2 amide bonds. The summed E-state index contributed by atoms with van der Waals surface area (Å²) in [5.41, 5.74) is 3.26. The minimum Gasteiger partial charge on any atom is -0.374 e. The molecule has 0 fully saturated rings. The van der Waals surface area contributed by atoms with Gasteiger partial charge in [-0.2, -0.15) is 0 Å². The van der Waals surface area contributed by atoms with Crippen molar-refractivity contribution in [3.63, 3.8) is 0 Å². The van der Waals surface area contributed by atoms with E-state index in [1.54, 1.807) is 12.3 Å². The number of nitrogens with zero attached hydrogens (tertiary/aromatic N) is 2. The Balaban J connectivity index is 1.53. The highest BCUT2D eigenvalue weighted by Gasteiger charge is 2.16. The van der Waals surface area contributed by atoms with Crippen LogP contribution in [-0.4, -0.2) is 34.0 Å². The summed E-state index contributed by atoms with van der Waals surface area (Å²) in [5.74, 6) is -0.609. The van der Waals surface area contributed by atoms with E-state index in [-0.39, 0.29) is 30.0 Å². The largest absolute Gasteiger partial charge is 0.374 e. The number of amides is 2. The molecule has 2 aromatic heterocycles. The van der Waals surface area contributed by atoms with Crippen molar-refractivity contribution < 1.29 is 14.3 Å². The number of hydrogen-bond donors (Lipinski definition) is 2. The Hall–Kier alpha value is -2.97. The summed E-state index contributed by atoms with van der Waals surface area (Å²) in [6.45, 7) is 10.9. The summed E-state index contributed by atoms with van der Waals surface area (Å²) in [6, 6.07) is 9.83. The molecular formula is C26H34N4O3S. The second-order valence-electron chi connectivity index (χ2n) is 9.20. The third-order valence-electron chi connectivity index (χ3n) is 5.51. The number of anilines is 1. The van der Waals surface area contributed by atoms with Crippen LogP contribution in [0.5, 0.6) is 0 Å².